The Kier molecular flexibility index (Phi) is 7.01. The molecule has 43 heavy (non-hydrogen) atoms. The SMILES string of the molecule is COc1cc2nccc(Oc3ccc(NC(=O)[C@@H]4[C@H](C(=O)Nc5ccc6nccnc6c5)C4(C)C)cc3F)c2cc1OC. The normalized spacial score (nSPS) is 16.9. The molecule has 2 amide bonds. The zero-order chi connectivity index (χ0) is 30.3. The number of carbonyl (C=O) groups is 2. The highest BCUT2D eigenvalue weighted by Gasteiger charge is 2.65. The first-order valence-corrected chi connectivity index (χ1v) is 13.5. The maximum atomic E-state index is 15.2. The molecule has 1 aliphatic rings. The van der Waals surface area contributed by atoms with E-state index in [1.54, 1.807) is 61.1 Å². The number of fused-ring (bicyclic) bond motifs is 2. The fourth-order valence-electron chi connectivity index (χ4n) is 5.41. The second-order valence-corrected chi connectivity index (χ2v) is 10.8. The molecule has 0 unspecified atom stereocenters. The van der Waals surface area contributed by atoms with E-state index in [0.29, 0.717) is 44.9 Å². The number of hydrogen-bond donors (Lipinski definition) is 2. The maximum absolute atomic E-state index is 15.2. The summed E-state index contributed by atoms with van der Waals surface area (Å²) in [6.07, 6.45) is 4.73. The number of amides is 2. The third-order valence-electron chi connectivity index (χ3n) is 7.76. The molecule has 11 heteroatoms. The van der Waals surface area contributed by atoms with Gasteiger partial charge in [-0.1, -0.05) is 13.8 Å². The Bertz CT molecular complexity index is 1900. The third-order valence-corrected chi connectivity index (χ3v) is 7.76. The van der Waals surface area contributed by atoms with Crippen LogP contribution in [0, 0.1) is 23.1 Å². The molecule has 6 rings (SSSR count). The topological polar surface area (TPSA) is 125 Å². The number of aromatic nitrogens is 3. The lowest BCUT2D eigenvalue weighted by molar-refractivity contribution is -0.122. The van der Waals surface area contributed by atoms with E-state index in [9.17, 15) is 9.59 Å². The Balaban J connectivity index is 1.14. The summed E-state index contributed by atoms with van der Waals surface area (Å²) in [6.45, 7) is 3.71. The van der Waals surface area contributed by atoms with Crippen LogP contribution >= 0.6 is 0 Å². The molecule has 0 radical (unpaired) electrons. The zero-order valence-electron chi connectivity index (χ0n) is 23.8. The predicted octanol–water partition coefficient (Wildman–Crippen LogP) is 5.98. The lowest BCUT2D eigenvalue weighted by atomic mass is 10.1. The lowest BCUT2D eigenvalue weighted by Gasteiger charge is -2.13. The van der Waals surface area contributed by atoms with Gasteiger partial charge in [-0.05, 0) is 47.9 Å². The molecule has 2 N–H and O–H groups in total. The van der Waals surface area contributed by atoms with E-state index in [-0.39, 0.29) is 23.3 Å². The zero-order valence-corrected chi connectivity index (χ0v) is 23.8. The smallest absolute Gasteiger partial charge is 0.228 e. The summed E-state index contributed by atoms with van der Waals surface area (Å²) >= 11 is 0. The Morgan fingerprint density at radius 2 is 1.30 bits per heavy atom. The molecule has 0 spiro atoms. The summed E-state index contributed by atoms with van der Waals surface area (Å²) in [4.78, 5) is 39.1. The number of nitrogens with zero attached hydrogens (tertiary/aromatic N) is 3. The Morgan fingerprint density at radius 1 is 0.698 bits per heavy atom. The number of rotatable bonds is 8. The number of anilines is 2. The van der Waals surface area contributed by atoms with Crippen LogP contribution in [0.2, 0.25) is 0 Å². The Hall–Kier alpha value is -5.32. The minimum absolute atomic E-state index is 0.0376. The first-order valence-electron chi connectivity index (χ1n) is 13.5. The van der Waals surface area contributed by atoms with Gasteiger partial charge in [0.25, 0.3) is 0 Å². The van der Waals surface area contributed by atoms with Gasteiger partial charge in [-0.25, -0.2) is 4.39 Å². The molecule has 2 atom stereocenters. The van der Waals surface area contributed by atoms with Crippen molar-refractivity contribution in [2.24, 2.45) is 17.3 Å². The molecule has 1 aliphatic carbocycles. The molecule has 2 heterocycles. The van der Waals surface area contributed by atoms with Gasteiger partial charge in [-0.3, -0.25) is 24.5 Å². The summed E-state index contributed by atoms with van der Waals surface area (Å²) in [6, 6.07) is 14.4. The molecule has 3 aromatic carbocycles. The van der Waals surface area contributed by atoms with Gasteiger partial charge >= 0.3 is 0 Å². The van der Waals surface area contributed by atoms with Crippen molar-refractivity contribution in [2.75, 3.05) is 24.9 Å². The van der Waals surface area contributed by atoms with Gasteiger partial charge in [0.05, 0.1) is 42.6 Å². The largest absolute Gasteiger partial charge is 0.493 e. The Labute approximate surface area is 246 Å². The standard InChI is InChI=1S/C32H28FN5O5/c1-32(2)28(29(32)31(40)38-18-5-7-21-23(14-18)36-12-11-35-21)30(39)37-17-6-8-25(20(33)13-17)43-24-9-10-34-22-16-27(42-4)26(41-3)15-19(22)24/h5-16,28-29H,1-4H3,(H,37,39)(H,38,40)/t28-,29+/m0/s1. The van der Waals surface area contributed by atoms with E-state index in [1.165, 1.54) is 26.4 Å². The fourth-order valence-corrected chi connectivity index (χ4v) is 5.41. The van der Waals surface area contributed by atoms with Gasteiger partial charge < -0.3 is 24.8 Å². The molecule has 0 saturated heterocycles. The molecule has 10 nitrogen and oxygen atoms in total. The first kappa shape index (κ1) is 27.8. The van der Waals surface area contributed by atoms with Crippen LogP contribution in [0.3, 0.4) is 0 Å². The number of benzene rings is 3. The number of halogens is 1. The highest BCUT2D eigenvalue weighted by Crippen LogP contribution is 2.59. The van der Waals surface area contributed by atoms with Crippen molar-refractivity contribution >= 4 is 45.1 Å². The van der Waals surface area contributed by atoms with Gasteiger partial charge in [-0.15, -0.1) is 0 Å². The number of hydrogen-bond acceptors (Lipinski definition) is 8. The number of nitrogens with one attached hydrogen (secondary N) is 2. The van der Waals surface area contributed by atoms with Crippen molar-refractivity contribution in [2.45, 2.75) is 13.8 Å². The van der Waals surface area contributed by atoms with Crippen molar-refractivity contribution in [1.29, 1.82) is 0 Å². The van der Waals surface area contributed by atoms with Gasteiger partial charge in [-0.2, -0.15) is 0 Å². The monoisotopic (exact) mass is 581 g/mol. The van der Waals surface area contributed by atoms with E-state index in [4.69, 9.17) is 14.2 Å². The minimum Gasteiger partial charge on any atom is -0.493 e. The molecule has 2 aromatic heterocycles. The van der Waals surface area contributed by atoms with E-state index >= 15 is 4.39 Å². The van der Waals surface area contributed by atoms with Crippen molar-refractivity contribution in [3.05, 3.63) is 79.0 Å². The third kappa shape index (κ3) is 5.25. The molecule has 218 valence electrons. The summed E-state index contributed by atoms with van der Waals surface area (Å²) in [5.74, 6) is -1.16. The summed E-state index contributed by atoms with van der Waals surface area (Å²) in [5.41, 5.74) is 2.17. The van der Waals surface area contributed by atoms with Gasteiger partial charge in [0.2, 0.25) is 11.8 Å². The predicted molar refractivity (Wildman–Crippen MR) is 159 cm³/mol. The molecule has 1 fully saturated rings. The summed E-state index contributed by atoms with van der Waals surface area (Å²) in [5, 5.41) is 6.24. The van der Waals surface area contributed by atoms with Crippen LogP contribution in [0.1, 0.15) is 13.8 Å². The van der Waals surface area contributed by atoms with Crippen LogP contribution in [0.15, 0.2) is 73.2 Å². The van der Waals surface area contributed by atoms with Crippen molar-refractivity contribution in [3.8, 4) is 23.0 Å². The van der Waals surface area contributed by atoms with Crippen LogP contribution in [0.5, 0.6) is 23.0 Å². The molecule has 5 aromatic rings. The molecule has 0 aliphatic heterocycles. The maximum Gasteiger partial charge on any atom is 0.228 e. The van der Waals surface area contributed by atoms with E-state index in [1.807, 2.05) is 13.8 Å². The van der Waals surface area contributed by atoms with Crippen LogP contribution in [0.25, 0.3) is 21.9 Å². The fraction of sp³-hybridized carbons (Fsp3) is 0.219. The molecular weight excluding hydrogens is 553 g/mol. The number of ether oxygens (including phenoxy) is 3. The van der Waals surface area contributed by atoms with Crippen molar-refractivity contribution in [1.82, 2.24) is 15.0 Å². The molecular formula is C32H28FN5O5. The van der Waals surface area contributed by atoms with Crippen molar-refractivity contribution < 1.29 is 28.2 Å². The van der Waals surface area contributed by atoms with Crippen LogP contribution in [-0.4, -0.2) is 41.0 Å². The highest BCUT2D eigenvalue weighted by atomic mass is 19.1. The molecule has 0 bridgehead atoms. The van der Waals surface area contributed by atoms with Gasteiger partial charge in [0, 0.05) is 47.5 Å². The summed E-state index contributed by atoms with van der Waals surface area (Å²) in [7, 11) is 3.05. The van der Waals surface area contributed by atoms with E-state index in [2.05, 4.69) is 25.6 Å². The average molecular weight is 582 g/mol. The first-order chi connectivity index (χ1) is 20.7. The number of pyridine rings is 1. The summed E-state index contributed by atoms with van der Waals surface area (Å²) < 4.78 is 31.8. The van der Waals surface area contributed by atoms with Crippen LogP contribution < -0.4 is 24.8 Å². The number of methoxy groups -OCH3 is 2. The number of carbonyl (C=O) groups excluding carboxylic acids is 2. The van der Waals surface area contributed by atoms with Crippen LogP contribution in [-0.2, 0) is 9.59 Å². The van der Waals surface area contributed by atoms with Gasteiger partial charge in [0.15, 0.2) is 23.1 Å². The second-order valence-electron chi connectivity index (χ2n) is 10.8. The Morgan fingerprint density at radius 3 is 1.98 bits per heavy atom. The van der Waals surface area contributed by atoms with Crippen molar-refractivity contribution in [3.63, 3.8) is 0 Å². The highest BCUT2D eigenvalue weighted by molar-refractivity contribution is 6.05. The molecule has 1 saturated carbocycles. The average Bonchev–Trinajstić information content (AvgIpc) is 3.59. The minimum atomic E-state index is -0.674. The van der Waals surface area contributed by atoms with Gasteiger partial charge in [0.1, 0.15) is 5.75 Å². The van der Waals surface area contributed by atoms with E-state index in [0.717, 1.165) is 0 Å². The van der Waals surface area contributed by atoms with Crippen LogP contribution in [0.4, 0.5) is 15.8 Å². The quantitative estimate of drug-likeness (QED) is 0.230. The lowest BCUT2D eigenvalue weighted by Crippen LogP contribution is -2.20. The van der Waals surface area contributed by atoms with E-state index < -0.39 is 23.1 Å². The second kappa shape index (κ2) is 10.8.